The van der Waals surface area contributed by atoms with Crippen molar-refractivity contribution < 1.29 is 4.74 Å². The number of nitrogens with two attached hydrogens (primary N) is 1. The topological polar surface area (TPSA) is 67.2 Å². The Balaban J connectivity index is 1.50. The number of ether oxygens (including phenoxy) is 1. The van der Waals surface area contributed by atoms with Crippen LogP contribution in [0.2, 0.25) is 0 Å². The predicted octanol–water partition coefficient (Wildman–Crippen LogP) is 4.16. The lowest BCUT2D eigenvalue weighted by Crippen LogP contribution is -2.39. The third kappa shape index (κ3) is 3.61. The molecule has 2 aromatic carbocycles. The van der Waals surface area contributed by atoms with Crippen LogP contribution >= 0.6 is 15.9 Å². The van der Waals surface area contributed by atoms with Gasteiger partial charge in [0.1, 0.15) is 11.9 Å². The molecule has 1 aromatic heterocycles. The average molecular weight is 453 g/mol. The van der Waals surface area contributed by atoms with Crippen molar-refractivity contribution in [2.45, 2.75) is 25.0 Å². The maximum absolute atomic E-state index is 6.76. The molecule has 5 rings (SSSR count). The lowest BCUT2D eigenvalue weighted by molar-refractivity contribution is 0.0921. The van der Waals surface area contributed by atoms with Gasteiger partial charge in [-0.25, -0.2) is 0 Å². The Bertz CT molecular complexity index is 990. The van der Waals surface area contributed by atoms with Crippen LogP contribution in [0.15, 0.2) is 59.2 Å². The number of hydrogen-bond donors (Lipinski definition) is 2. The minimum absolute atomic E-state index is 0.00516. The molecule has 0 radical (unpaired) electrons. The fourth-order valence-corrected chi connectivity index (χ4v) is 5.08. The lowest BCUT2D eigenvalue weighted by atomic mass is 10.1. The van der Waals surface area contributed by atoms with E-state index in [0.717, 1.165) is 47.5 Å². The van der Waals surface area contributed by atoms with E-state index in [4.69, 9.17) is 10.5 Å². The van der Waals surface area contributed by atoms with Crippen molar-refractivity contribution >= 4 is 15.9 Å². The Morgan fingerprint density at radius 2 is 2.10 bits per heavy atom. The minimum Gasteiger partial charge on any atom is -0.483 e. The van der Waals surface area contributed by atoms with Crippen molar-refractivity contribution in [1.29, 1.82) is 0 Å². The SMILES string of the molecule is NCC1CCN([C@@H]2Cc3ccccc3[C@H]2Oc2ccc(Br)cc2-c2ccn[nH]2)C1. The van der Waals surface area contributed by atoms with E-state index in [9.17, 15) is 0 Å². The molecule has 1 aliphatic carbocycles. The summed E-state index contributed by atoms with van der Waals surface area (Å²) >= 11 is 3.59. The highest BCUT2D eigenvalue weighted by Crippen LogP contribution is 2.42. The number of nitrogens with one attached hydrogen (secondary N) is 1. The minimum atomic E-state index is 0.00516. The van der Waals surface area contributed by atoms with Gasteiger partial charge in [-0.1, -0.05) is 40.2 Å². The number of nitrogens with zero attached hydrogens (tertiary/aromatic N) is 2. The number of rotatable bonds is 5. The predicted molar refractivity (Wildman–Crippen MR) is 118 cm³/mol. The standard InChI is InChI=1S/C23H25BrN4O/c24-17-5-6-22(19(12-17)20-7-9-26-27-20)29-23-18-4-2-1-3-16(18)11-21(23)28-10-8-15(13-25)14-28/h1-7,9,12,15,21,23H,8,10-11,13-14,25H2,(H,26,27)/t15?,21-,23-/m1/s1. The molecule has 1 aliphatic heterocycles. The molecule has 6 heteroatoms. The van der Waals surface area contributed by atoms with E-state index in [-0.39, 0.29) is 6.10 Å². The number of benzene rings is 2. The highest BCUT2D eigenvalue weighted by molar-refractivity contribution is 9.10. The second kappa shape index (κ2) is 7.94. The van der Waals surface area contributed by atoms with Gasteiger partial charge in [-0.3, -0.25) is 10.00 Å². The Morgan fingerprint density at radius 1 is 1.21 bits per heavy atom. The second-order valence-electron chi connectivity index (χ2n) is 8.00. The molecule has 150 valence electrons. The molecule has 1 saturated heterocycles. The van der Waals surface area contributed by atoms with Crippen LogP contribution in [0.25, 0.3) is 11.3 Å². The molecule has 3 aromatic rings. The van der Waals surface area contributed by atoms with Crippen LogP contribution in [0, 0.1) is 5.92 Å². The molecule has 29 heavy (non-hydrogen) atoms. The van der Waals surface area contributed by atoms with E-state index in [1.807, 2.05) is 18.2 Å². The fraction of sp³-hybridized carbons (Fsp3) is 0.348. The Hall–Kier alpha value is -2.15. The van der Waals surface area contributed by atoms with Crippen LogP contribution < -0.4 is 10.5 Å². The zero-order chi connectivity index (χ0) is 19.8. The Morgan fingerprint density at radius 3 is 2.90 bits per heavy atom. The van der Waals surface area contributed by atoms with Crippen molar-refractivity contribution in [3.63, 3.8) is 0 Å². The van der Waals surface area contributed by atoms with Gasteiger partial charge in [0, 0.05) is 22.8 Å². The summed E-state index contributed by atoms with van der Waals surface area (Å²) in [6.45, 7) is 2.91. The molecule has 3 atom stereocenters. The molecular weight excluding hydrogens is 428 g/mol. The molecule has 1 fully saturated rings. The summed E-state index contributed by atoms with van der Waals surface area (Å²) in [6, 6.07) is 17.2. The zero-order valence-electron chi connectivity index (χ0n) is 16.2. The maximum atomic E-state index is 6.76. The third-order valence-corrected chi connectivity index (χ3v) is 6.74. The van der Waals surface area contributed by atoms with Gasteiger partial charge in [0.2, 0.25) is 0 Å². The molecular formula is C23H25BrN4O. The van der Waals surface area contributed by atoms with E-state index in [0.29, 0.717) is 12.0 Å². The fourth-order valence-electron chi connectivity index (χ4n) is 4.71. The summed E-state index contributed by atoms with van der Waals surface area (Å²) in [7, 11) is 0. The van der Waals surface area contributed by atoms with Crippen LogP contribution in [0.1, 0.15) is 23.7 Å². The van der Waals surface area contributed by atoms with E-state index in [1.54, 1.807) is 6.20 Å². The zero-order valence-corrected chi connectivity index (χ0v) is 17.8. The molecule has 0 amide bonds. The normalized spacial score (nSPS) is 24.0. The number of hydrogen-bond acceptors (Lipinski definition) is 4. The van der Waals surface area contributed by atoms with Gasteiger partial charge in [0.05, 0.1) is 11.7 Å². The monoisotopic (exact) mass is 452 g/mol. The number of H-pyrrole nitrogens is 1. The molecule has 0 spiro atoms. The van der Waals surface area contributed by atoms with Gasteiger partial charge in [-0.15, -0.1) is 0 Å². The number of halogens is 1. The van der Waals surface area contributed by atoms with Crippen LogP contribution in [-0.2, 0) is 6.42 Å². The Kier molecular flexibility index (Phi) is 5.16. The first-order valence-corrected chi connectivity index (χ1v) is 11.0. The van der Waals surface area contributed by atoms with Crippen LogP contribution in [0.4, 0.5) is 0 Å². The average Bonchev–Trinajstić information content (AvgIpc) is 3.49. The highest BCUT2D eigenvalue weighted by Gasteiger charge is 2.40. The van der Waals surface area contributed by atoms with Crippen LogP contribution in [0.5, 0.6) is 5.75 Å². The first-order valence-electron chi connectivity index (χ1n) is 10.2. The van der Waals surface area contributed by atoms with E-state index >= 15 is 0 Å². The smallest absolute Gasteiger partial charge is 0.140 e. The molecule has 3 N–H and O–H groups in total. The van der Waals surface area contributed by atoms with E-state index < -0.39 is 0 Å². The van der Waals surface area contributed by atoms with Crippen molar-refractivity contribution in [2.75, 3.05) is 19.6 Å². The van der Waals surface area contributed by atoms with Crippen molar-refractivity contribution in [2.24, 2.45) is 11.7 Å². The van der Waals surface area contributed by atoms with Crippen molar-refractivity contribution in [3.05, 3.63) is 70.3 Å². The summed E-state index contributed by atoms with van der Waals surface area (Å²) in [4.78, 5) is 2.58. The molecule has 0 bridgehead atoms. The highest BCUT2D eigenvalue weighted by atomic mass is 79.9. The van der Waals surface area contributed by atoms with Gasteiger partial charge in [0.15, 0.2) is 0 Å². The number of fused-ring (bicyclic) bond motifs is 1. The second-order valence-corrected chi connectivity index (χ2v) is 8.92. The van der Waals surface area contributed by atoms with Gasteiger partial charge in [-0.2, -0.15) is 5.10 Å². The van der Waals surface area contributed by atoms with Gasteiger partial charge in [-0.05, 0) is 67.2 Å². The summed E-state index contributed by atoms with van der Waals surface area (Å²) in [5, 5.41) is 7.19. The summed E-state index contributed by atoms with van der Waals surface area (Å²) in [5.41, 5.74) is 10.6. The molecule has 0 saturated carbocycles. The molecule has 1 unspecified atom stereocenters. The van der Waals surface area contributed by atoms with Gasteiger partial charge in [0.25, 0.3) is 0 Å². The first-order chi connectivity index (χ1) is 14.2. The number of aromatic amines is 1. The van der Waals surface area contributed by atoms with Crippen molar-refractivity contribution in [3.8, 4) is 17.0 Å². The quantitative estimate of drug-likeness (QED) is 0.609. The summed E-state index contributed by atoms with van der Waals surface area (Å²) in [5.74, 6) is 1.46. The molecule has 2 heterocycles. The van der Waals surface area contributed by atoms with E-state index in [2.05, 4.69) is 61.4 Å². The number of likely N-dealkylation sites (tertiary alicyclic amines) is 1. The summed E-state index contributed by atoms with van der Waals surface area (Å²) in [6.07, 6.45) is 3.97. The van der Waals surface area contributed by atoms with Gasteiger partial charge < -0.3 is 10.5 Å². The first kappa shape index (κ1) is 18.9. The Labute approximate surface area is 179 Å². The maximum Gasteiger partial charge on any atom is 0.140 e. The van der Waals surface area contributed by atoms with Crippen molar-refractivity contribution in [1.82, 2.24) is 15.1 Å². The lowest BCUT2D eigenvalue weighted by Gasteiger charge is -2.31. The number of aromatic nitrogens is 2. The van der Waals surface area contributed by atoms with Crippen LogP contribution in [-0.4, -0.2) is 40.8 Å². The van der Waals surface area contributed by atoms with Gasteiger partial charge >= 0.3 is 0 Å². The van der Waals surface area contributed by atoms with E-state index in [1.165, 1.54) is 17.5 Å². The summed E-state index contributed by atoms with van der Waals surface area (Å²) < 4.78 is 7.78. The largest absolute Gasteiger partial charge is 0.483 e. The molecule has 5 nitrogen and oxygen atoms in total. The van der Waals surface area contributed by atoms with Crippen LogP contribution in [0.3, 0.4) is 0 Å². The molecule has 2 aliphatic rings. The third-order valence-electron chi connectivity index (χ3n) is 6.25.